The summed E-state index contributed by atoms with van der Waals surface area (Å²) in [6.07, 6.45) is 1.10. The Balaban J connectivity index is 0.00000176. The first-order valence-corrected chi connectivity index (χ1v) is 7.96. The highest BCUT2D eigenvalue weighted by Gasteiger charge is 2.35. The molecule has 3 N–H and O–H groups in total. The lowest BCUT2D eigenvalue weighted by molar-refractivity contribution is -0.129. The Morgan fingerprint density at radius 2 is 2.18 bits per heavy atom. The van der Waals surface area contributed by atoms with Gasteiger partial charge >= 0.3 is 0 Å². The van der Waals surface area contributed by atoms with E-state index < -0.39 is 5.54 Å². The summed E-state index contributed by atoms with van der Waals surface area (Å²) in [6.45, 7) is 1.45. The van der Waals surface area contributed by atoms with Gasteiger partial charge in [0, 0.05) is 18.2 Å². The Bertz CT molecular complexity index is 671. The SMILES string of the molecule is Cl.NC1(C(=O)NCc2nc3cc(Cl)ccc3s2)CCOCC1. The normalized spacial score (nSPS) is 17.0. The Morgan fingerprint density at radius 1 is 1.45 bits per heavy atom. The molecule has 0 saturated carbocycles. The van der Waals surface area contributed by atoms with E-state index in [1.165, 1.54) is 0 Å². The highest BCUT2D eigenvalue weighted by Crippen LogP contribution is 2.25. The second-order valence-electron chi connectivity index (χ2n) is 5.17. The molecule has 2 aromatic rings. The highest BCUT2D eigenvalue weighted by atomic mass is 35.5. The third-order valence-electron chi connectivity index (χ3n) is 3.63. The number of halogens is 2. The van der Waals surface area contributed by atoms with Crippen molar-refractivity contribution in [2.75, 3.05) is 13.2 Å². The van der Waals surface area contributed by atoms with Crippen molar-refractivity contribution in [3.63, 3.8) is 0 Å². The van der Waals surface area contributed by atoms with E-state index in [0.717, 1.165) is 15.2 Å². The van der Waals surface area contributed by atoms with Gasteiger partial charge in [-0.3, -0.25) is 4.79 Å². The lowest BCUT2D eigenvalue weighted by atomic mass is 9.90. The largest absolute Gasteiger partial charge is 0.381 e. The monoisotopic (exact) mass is 361 g/mol. The van der Waals surface area contributed by atoms with Gasteiger partial charge in [-0.05, 0) is 31.0 Å². The van der Waals surface area contributed by atoms with E-state index in [1.807, 2.05) is 18.2 Å². The zero-order valence-electron chi connectivity index (χ0n) is 11.8. The number of thiazole rings is 1. The number of nitrogens with two attached hydrogens (primary N) is 1. The molecule has 1 aromatic carbocycles. The van der Waals surface area contributed by atoms with Crippen LogP contribution >= 0.6 is 35.3 Å². The van der Waals surface area contributed by atoms with Gasteiger partial charge in [-0.2, -0.15) is 0 Å². The molecule has 120 valence electrons. The van der Waals surface area contributed by atoms with Crippen molar-refractivity contribution in [3.8, 4) is 0 Å². The molecule has 22 heavy (non-hydrogen) atoms. The van der Waals surface area contributed by atoms with Crippen LogP contribution in [0.15, 0.2) is 18.2 Å². The summed E-state index contributed by atoms with van der Waals surface area (Å²) in [5.41, 5.74) is 6.17. The fourth-order valence-corrected chi connectivity index (χ4v) is 3.37. The summed E-state index contributed by atoms with van der Waals surface area (Å²) in [4.78, 5) is 16.7. The zero-order chi connectivity index (χ0) is 14.9. The van der Waals surface area contributed by atoms with Crippen molar-refractivity contribution in [1.29, 1.82) is 0 Å². The Kier molecular flexibility index (Phi) is 5.63. The van der Waals surface area contributed by atoms with Crippen LogP contribution in [0.1, 0.15) is 17.8 Å². The number of rotatable bonds is 3. The van der Waals surface area contributed by atoms with E-state index in [4.69, 9.17) is 22.1 Å². The second kappa shape index (κ2) is 7.10. The van der Waals surface area contributed by atoms with Crippen LogP contribution in [0.5, 0.6) is 0 Å². The summed E-state index contributed by atoms with van der Waals surface area (Å²) < 4.78 is 6.30. The standard InChI is InChI=1S/C14H16ClN3O2S.ClH/c15-9-1-2-11-10(7-9)18-12(21-11)8-17-13(19)14(16)3-5-20-6-4-14;/h1-2,7H,3-6,8,16H2,(H,17,19);1H. The number of ether oxygens (including phenoxy) is 1. The number of nitrogens with one attached hydrogen (secondary N) is 1. The molecule has 0 bridgehead atoms. The lowest BCUT2D eigenvalue weighted by Crippen LogP contribution is -2.56. The molecule has 0 radical (unpaired) electrons. The first kappa shape index (κ1) is 17.4. The van der Waals surface area contributed by atoms with Crippen LogP contribution < -0.4 is 11.1 Å². The molecule has 1 aromatic heterocycles. The molecular formula is C14H17Cl2N3O2S. The fraction of sp³-hybridized carbons (Fsp3) is 0.429. The van der Waals surface area contributed by atoms with Crippen molar-refractivity contribution >= 4 is 51.5 Å². The molecule has 8 heteroatoms. The van der Waals surface area contributed by atoms with Crippen LogP contribution in [0.25, 0.3) is 10.2 Å². The van der Waals surface area contributed by atoms with Gasteiger partial charge in [0.1, 0.15) is 5.01 Å². The van der Waals surface area contributed by atoms with E-state index >= 15 is 0 Å². The minimum atomic E-state index is -0.821. The quantitative estimate of drug-likeness (QED) is 0.880. The maximum atomic E-state index is 12.2. The van der Waals surface area contributed by atoms with E-state index in [1.54, 1.807) is 11.3 Å². The Labute approximate surface area is 143 Å². The molecule has 0 unspecified atom stereocenters. The van der Waals surface area contributed by atoms with Crippen LogP contribution in [0.2, 0.25) is 5.02 Å². The predicted octanol–water partition coefficient (Wildman–Crippen LogP) is 2.50. The number of benzene rings is 1. The lowest BCUT2D eigenvalue weighted by Gasteiger charge is -2.31. The average Bonchev–Trinajstić information content (AvgIpc) is 2.87. The van der Waals surface area contributed by atoms with Crippen LogP contribution in [0.4, 0.5) is 0 Å². The molecule has 2 heterocycles. The molecule has 1 amide bonds. The predicted molar refractivity (Wildman–Crippen MR) is 90.7 cm³/mol. The number of carbonyl (C=O) groups is 1. The molecular weight excluding hydrogens is 345 g/mol. The average molecular weight is 362 g/mol. The molecule has 1 aliphatic rings. The minimum absolute atomic E-state index is 0. The van der Waals surface area contributed by atoms with Gasteiger partial charge < -0.3 is 15.8 Å². The molecule has 3 rings (SSSR count). The third-order valence-corrected chi connectivity index (χ3v) is 4.90. The summed E-state index contributed by atoms with van der Waals surface area (Å²) in [7, 11) is 0. The van der Waals surface area contributed by atoms with Crippen molar-refractivity contribution in [3.05, 3.63) is 28.2 Å². The summed E-state index contributed by atoms with van der Waals surface area (Å²) in [5, 5.41) is 4.38. The first-order valence-electron chi connectivity index (χ1n) is 6.77. The van der Waals surface area contributed by atoms with Crippen molar-refractivity contribution in [2.45, 2.75) is 24.9 Å². The summed E-state index contributed by atoms with van der Waals surface area (Å²) in [6, 6.07) is 5.59. The first-order chi connectivity index (χ1) is 10.1. The maximum absolute atomic E-state index is 12.2. The van der Waals surface area contributed by atoms with Gasteiger partial charge in [0.05, 0.1) is 22.3 Å². The van der Waals surface area contributed by atoms with E-state index in [0.29, 0.717) is 37.6 Å². The number of aromatic nitrogens is 1. The summed E-state index contributed by atoms with van der Waals surface area (Å²) in [5.74, 6) is -0.136. The third kappa shape index (κ3) is 3.70. The number of hydrogen-bond acceptors (Lipinski definition) is 5. The maximum Gasteiger partial charge on any atom is 0.240 e. The highest BCUT2D eigenvalue weighted by molar-refractivity contribution is 7.18. The zero-order valence-corrected chi connectivity index (χ0v) is 14.2. The number of nitrogens with zero attached hydrogens (tertiary/aromatic N) is 1. The number of fused-ring (bicyclic) bond motifs is 1. The molecule has 1 aliphatic heterocycles. The minimum Gasteiger partial charge on any atom is -0.381 e. The second-order valence-corrected chi connectivity index (χ2v) is 6.72. The van der Waals surface area contributed by atoms with Gasteiger partial charge in [0.15, 0.2) is 0 Å². The molecule has 0 spiro atoms. The smallest absolute Gasteiger partial charge is 0.240 e. The molecule has 0 atom stereocenters. The number of carbonyl (C=O) groups excluding carboxylic acids is 1. The van der Waals surface area contributed by atoms with Crippen LogP contribution in [0, 0.1) is 0 Å². The molecule has 5 nitrogen and oxygen atoms in total. The van der Waals surface area contributed by atoms with Crippen LogP contribution in [-0.4, -0.2) is 29.6 Å². The fourth-order valence-electron chi connectivity index (χ4n) is 2.32. The van der Waals surface area contributed by atoms with Crippen LogP contribution in [0.3, 0.4) is 0 Å². The van der Waals surface area contributed by atoms with Gasteiger partial charge in [-0.1, -0.05) is 11.6 Å². The van der Waals surface area contributed by atoms with E-state index in [2.05, 4.69) is 10.3 Å². The van der Waals surface area contributed by atoms with Gasteiger partial charge in [0.25, 0.3) is 0 Å². The molecule has 1 saturated heterocycles. The summed E-state index contributed by atoms with van der Waals surface area (Å²) >= 11 is 7.49. The van der Waals surface area contributed by atoms with Crippen LogP contribution in [-0.2, 0) is 16.1 Å². The van der Waals surface area contributed by atoms with Crippen molar-refractivity contribution in [1.82, 2.24) is 10.3 Å². The molecule has 0 aliphatic carbocycles. The number of hydrogen-bond donors (Lipinski definition) is 2. The Hall–Kier alpha value is -0.920. The van der Waals surface area contributed by atoms with E-state index in [9.17, 15) is 4.79 Å². The topological polar surface area (TPSA) is 77.2 Å². The van der Waals surface area contributed by atoms with E-state index in [-0.39, 0.29) is 18.3 Å². The Morgan fingerprint density at radius 3 is 2.91 bits per heavy atom. The van der Waals surface area contributed by atoms with Gasteiger partial charge in [-0.15, -0.1) is 23.7 Å². The molecule has 1 fully saturated rings. The number of amides is 1. The van der Waals surface area contributed by atoms with Gasteiger partial charge in [-0.25, -0.2) is 4.98 Å². The van der Waals surface area contributed by atoms with Gasteiger partial charge in [0.2, 0.25) is 5.91 Å². The van der Waals surface area contributed by atoms with Crippen molar-refractivity contribution in [2.24, 2.45) is 5.73 Å². The van der Waals surface area contributed by atoms with Crippen molar-refractivity contribution < 1.29 is 9.53 Å².